The molecule has 1 aromatic carbocycles. The van der Waals surface area contributed by atoms with Crippen LogP contribution in [0.2, 0.25) is 5.02 Å². The molecule has 27 heavy (non-hydrogen) atoms. The van der Waals surface area contributed by atoms with Crippen molar-refractivity contribution >= 4 is 34.7 Å². The highest BCUT2D eigenvalue weighted by molar-refractivity contribution is 7.98. The molecule has 0 unspecified atom stereocenters. The second-order valence-corrected chi connectivity index (χ2v) is 8.88. The van der Waals surface area contributed by atoms with Gasteiger partial charge in [0.25, 0.3) is 0 Å². The van der Waals surface area contributed by atoms with Gasteiger partial charge < -0.3 is 10.2 Å². The number of hydrogen-bond acceptors (Lipinski definition) is 4. The van der Waals surface area contributed by atoms with Gasteiger partial charge in [0.15, 0.2) is 0 Å². The summed E-state index contributed by atoms with van der Waals surface area (Å²) in [6, 6.07) is 8.57. The fraction of sp³-hybridized carbons (Fsp3) is 0.500. The zero-order chi connectivity index (χ0) is 18.5. The number of benzene rings is 1. The first-order valence-corrected chi connectivity index (χ1v) is 11.6. The lowest BCUT2D eigenvalue weighted by Crippen LogP contribution is -2.23. The van der Waals surface area contributed by atoms with Crippen LogP contribution in [0.15, 0.2) is 35.4 Å². The molecule has 0 radical (unpaired) electrons. The van der Waals surface area contributed by atoms with Crippen molar-refractivity contribution in [3.8, 4) is 0 Å². The van der Waals surface area contributed by atoms with Crippen LogP contribution in [0.1, 0.15) is 49.8 Å². The van der Waals surface area contributed by atoms with Crippen LogP contribution in [-0.4, -0.2) is 24.6 Å². The number of anilines is 2. The highest BCUT2D eigenvalue weighted by atomic mass is 35.5. The quantitative estimate of drug-likeness (QED) is 0.621. The van der Waals surface area contributed by atoms with Gasteiger partial charge in [0.05, 0.1) is 22.6 Å². The van der Waals surface area contributed by atoms with E-state index in [0.29, 0.717) is 0 Å². The number of aromatic nitrogens is 1. The lowest BCUT2D eigenvalue weighted by atomic mass is 10.1. The van der Waals surface area contributed by atoms with Gasteiger partial charge in [-0.1, -0.05) is 24.4 Å². The van der Waals surface area contributed by atoms with Crippen molar-refractivity contribution in [3.05, 3.63) is 46.7 Å². The van der Waals surface area contributed by atoms with E-state index in [1.54, 1.807) is 0 Å². The zero-order valence-electron chi connectivity index (χ0n) is 15.8. The number of nitrogens with zero attached hydrogens (tertiary/aromatic N) is 2. The second-order valence-electron chi connectivity index (χ2n) is 7.48. The van der Waals surface area contributed by atoms with Gasteiger partial charge in [-0.05, 0) is 61.9 Å². The number of nitrogens with one attached hydrogen (secondary N) is 1. The molecule has 0 amide bonds. The summed E-state index contributed by atoms with van der Waals surface area (Å²) in [7, 11) is 0. The minimum Gasteiger partial charge on any atom is -0.385 e. The molecular weight excluding hydrogens is 374 g/mol. The van der Waals surface area contributed by atoms with Crippen LogP contribution in [0.3, 0.4) is 0 Å². The zero-order valence-corrected chi connectivity index (χ0v) is 17.4. The van der Waals surface area contributed by atoms with Crippen LogP contribution in [-0.2, 0) is 12.2 Å². The van der Waals surface area contributed by atoms with Crippen molar-refractivity contribution in [2.75, 3.05) is 29.9 Å². The molecule has 0 bridgehead atoms. The molecular formula is C22H28ClN3S. The number of rotatable bonds is 4. The predicted molar refractivity (Wildman–Crippen MR) is 117 cm³/mol. The SMILES string of the molecule is Clc1ccc2c(c1SCc1ccc(N3CCCCCC3)cn1)CCCCN2. The Kier molecular flexibility index (Phi) is 6.46. The summed E-state index contributed by atoms with van der Waals surface area (Å²) in [6.07, 6.45) is 10.9. The molecule has 2 aliphatic rings. The molecule has 3 heterocycles. The summed E-state index contributed by atoms with van der Waals surface area (Å²) in [6.45, 7) is 3.38. The van der Waals surface area contributed by atoms with Crippen LogP contribution in [0, 0.1) is 0 Å². The van der Waals surface area contributed by atoms with Gasteiger partial charge in [0.1, 0.15) is 0 Å². The maximum atomic E-state index is 6.55. The Morgan fingerprint density at radius 1 is 1.00 bits per heavy atom. The lowest BCUT2D eigenvalue weighted by molar-refractivity contribution is 0.726. The second kappa shape index (κ2) is 9.20. The van der Waals surface area contributed by atoms with Crippen molar-refractivity contribution in [2.45, 2.75) is 55.6 Å². The Balaban J connectivity index is 1.44. The summed E-state index contributed by atoms with van der Waals surface area (Å²) in [5.74, 6) is 0.858. The molecule has 1 aromatic heterocycles. The van der Waals surface area contributed by atoms with Crippen LogP contribution in [0.5, 0.6) is 0 Å². The highest BCUT2D eigenvalue weighted by Crippen LogP contribution is 2.38. The summed E-state index contributed by atoms with van der Waals surface area (Å²) in [5.41, 5.74) is 5.02. The lowest BCUT2D eigenvalue weighted by Gasteiger charge is -2.22. The van der Waals surface area contributed by atoms with Crippen molar-refractivity contribution in [1.29, 1.82) is 0 Å². The molecule has 2 aliphatic heterocycles. The number of hydrogen-bond donors (Lipinski definition) is 1. The minimum absolute atomic E-state index is 0.858. The van der Waals surface area contributed by atoms with E-state index in [-0.39, 0.29) is 0 Å². The van der Waals surface area contributed by atoms with E-state index in [0.717, 1.165) is 42.5 Å². The van der Waals surface area contributed by atoms with Crippen molar-refractivity contribution in [1.82, 2.24) is 4.98 Å². The van der Waals surface area contributed by atoms with Gasteiger partial charge in [-0.15, -0.1) is 11.8 Å². The first-order chi connectivity index (χ1) is 13.3. The molecule has 1 saturated heterocycles. The Morgan fingerprint density at radius 2 is 1.85 bits per heavy atom. The summed E-state index contributed by atoms with van der Waals surface area (Å²) in [5, 5.41) is 4.41. The van der Waals surface area contributed by atoms with Crippen LogP contribution >= 0.6 is 23.4 Å². The molecule has 0 aliphatic carbocycles. The third-order valence-corrected chi connectivity index (χ3v) is 7.15. The van der Waals surface area contributed by atoms with Crippen LogP contribution in [0.4, 0.5) is 11.4 Å². The third kappa shape index (κ3) is 4.72. The van der Waals surface area contributed by atoms with E-state index in [2.05, 4.69) is 34.6 Å². The first-order valence-electron chi connectivity index (χ1n) is 10.2. The Morgan fingerprint density at radius 3 is 2.63 bits per heavy atom. The topological polar surface area (TPSA) is 28.2 Å². The van der Waals surface area contributed by atoms with Gasteiger partial charge >= 0.3 is 0 Å². The maximum Gasteiger partial charge on any atom is 0.0552 e. The van der Waals surface area contributed by atoms with E-state index in [1.807, 2.05) is 17.8 Å². The summed E-state index contributed by atoms with van der Waals surface area (Å²) in [4.78, 5) is 8.45. The van der Waals surface area contributed by atoms with Crippen LogP contribution < -0.4 is 10.2 Å². The molecule has 2 aromatic rings. The number of pyridine rings is 1. The largest absolute Gasteiger partial charge is 0.385 e. The Hall–Kier alpha value is -1.39. The van der Waals surface area contributed by atoms with Gasteiger partial charge in [-0.25, -0.2) is 0 Å². The van der Waals surface area contributed by atoms with Crippen molar-refractivity contribution in [3.63, 3.8) is 0 Å². The fourth-order valence-electron chi connectivity index (χ4n) is 3.98. The van der Waals surface area contributed by atoms with E-state index in [9.17, 15) is 0 Å². The highest BCUT2D eigenvalue weighted by Gasteiger charge is 2.16. The average Bonchev–Trinajstić information content (AvgIpc) is 3.11. The smallest absolute Gasteiger partial charge is 0.0552 e. The van der Waals surface area contributed by atoms with E-state index in [1.165, 1.54) is 60.4 Å². The molecule has 3 nitrogen and oxygen atoms in total. The summed E-state index contributed by atoms with van der Waals surface area (Å²) < 4.78 is 0. The van der Waals surface area contributed by atoms with E-state index >= 15 is 0 Å². The molecule has 4 rings (SSSR count). The fourth-order valence-corrected chi connectivity index (χ4v) is 5.38. The van der Waals surface area contributed by atoms with Gasteiger partial charge in [-0.2, -0.15) is 0 Å². The van der Waals surface area contributed by atoms with E-state index in [4.69, 9.17) is 16.6 Å². The van der Waals surface area contributed by atoms with Crippen molar-refractivity contribution in [2.24, 2.45) is 0 Å². The monoisotopic (exact) mass is 401 g/mol. The van der Waals surface area contributed by atoms with Crippen molar-refractivity contribution < 1.29 is 0 Å². The molecule has 144 valence electrons. The minimum atomic E-state index is 0.858. The molecule has 1 N–H and O–H groups in total. The molecule has 1 fully saturated rings. The molecule has 0 atom stereocenters. The number of fused-ring (bicyclic) bond motifs is 1. The predicted octanol–water partition coefficient (Wildman–Crippen LogP) is 6.16. The average molecular weight is 402 g/mol. The van der Waals surface area contributed by atoms with Gasteiger partial charge in [-0.3, -0.25) is 4.98 Å². The van der Waals surface area contributed by atoms with Crippen LogP contribution in [0.25, 0.3) is 0 Å². The van der Waals surface area contributed by atoms with Gasteiger partial charge in [0, 0.05) is 36.0 Å². The Labute approximate surface area is 171 Å². The first kappa shape index (κ1) is 18.9. The maximum absolute atomic E-state index is 6.55. The number of halogens is 1. The standard InChI is InChI=1S/C22H28ClN3S/c23-20-10-11-21-19(7-3-4-12-24-21)22(20)27-16-17-8-9-18(15-25-17)26-13-5-1-2-6-14-26/h8-11,15,24H,1-7,12-14,16H2. The normalized spacial score (nSPS) is 17.6. The third-order valence-electron chi connectivity index (χ3n) is 5.53. The van der Waals surface area contributed by atoms with E-state index < -0.39 is 0 Å². The molecule has 0 spiro atoms. The summed E-state index contributed by atoms with van der Waals surface area (Å²) >= 11 is 8.37. The Bertz CT molecular complexity index is 755. The molecule has 5 heteroatoms. The number of thioether (sulfide) groups is 1. The van der Waals surface area contributed by atoms with Gasteiger partial charge in [0.2, 0.25) is 0 Å². The molecule has 0 saturated carbocycles.